The van der Waals surface area contributed by atoms with E-state index in [2.05, 4.69) is 0 Å². The molecule has 1 rings (SSSR count). The Morgan fingerprint density at radius 1 is 1.78 bits per heavy atom. The molecule has 0 aromatic carbocycles. The lowest BCUT2D eigenvalue weighted by Gasteiger charge is -2.01. The highest BCUT2D eigenvalue weighted by Gasteiger charge is 2.03. The topological polar surface area (TPSA) is 39.2 Å². The quantitative estimate of drug-likeness (QED) is 0.647. The average Bonchev–Trinajstić information content (AvgIpc) is 2.37. The molecular formula is C7H11NO. The van der Waals surface area contributed by atoms with Crippen LogP contribution in [0, 0.1) is 0 Å². The molecule has 0 saturated carbocycles. The minimum atomic E-state index is 0.347. The van der Waals surface area contributed by atoms with Crippen LogP contribution < -0.4 is 5.73 Å². The van der Waals surface area contributed by atoms with E-state index in [-0.39, 0.29) is 0 Å². The maximum absolute atomic E-state index is 5.40. The molecule has 0 aliphatic carbocycles. The third kappa shape index (κ3) is 1.33. The van der Waals surface area contributed by atoms with Crippen molar-refractivity contribution in [1.29, 1.82) is 0 Å². The highest BCUT2D eigenvalue weighted by molar-refractivity contribution is 5.03. The van der Waals surface area contributed by atoms with Crippen molar-refractivity contribution in [2.75, 3.05) is 6.54 Å². The van der Waals surface area contributed by atoms with Crippen LogP contribution in [0.15, 0.2) is 22.8 Å². The average molecular weight is 125 g/mol. The molecule has 1 heterocycles. The normalized spacial score (nSPS) is 13.6. The summed E-state index contributed by atoms with van der Waals surface area (Å²) in [5.74, 6) is 1.32. The first-order valence-electron chi connectivity index (χ1n) is 3.08. The minimum absolute atomic E-state index is 0.347. The zero-order valence-electron chi connectivity index (χ0n) is 5.50. The van der Waals surface area contributed by atoms with Crippen LogP contribution in [-0.4, -0.2) is 6.54 Å². The second-order valence-electron chi connectivity index (χ2n) is 2.15. The first kappa shape index (κ1) is 6.36. The van der Waals surface area contributed by atoms with Gasteiger partial charge in [-0.1, -0.05) is 6.92 Å². The summed E-state index contributed by atoms with van der Waals surface area (Å²) in [5.41, 5.74) is 5.40. The van der Waals surface area contributed by atoms with Gasteiger partial charge in [0.15, 0.2) is 0 Å². The predicted molar refractivity (Wildman–Crippen MR) is 36.2 cm³/mol. The Labute approximate surface area is 54.7 Å². The predicted octanol–water partition coefficient (Wildman–Crippen LogP) is 1.34. The van der Waals surface area contributed by atoms with Crippen LogP contribution in [0.3, 0.4) is 0 Å². The molecule has 0 saturated heterocycles. The van der Waals surface area contributed by atoms with Gasteiger partial charge in [-0.15, -0.1) is 0 Å². The maximum atomic E-state index is 5.40. The second kappa shape index (κ2) is 2.69. The van der Waals surface area contributed by atoms with Crippen LogP contribution >= 0.6 is 0 Å². The van der Waals surface area contributed by atoms with Gasteiger partial charge in [0.2, 0.25) is 0 Å². The molecule has 0 unspecified atom stereocenters. The van der Waals surface area contributed by atoms with Gasteiger partial charge in [0.1, 0.15) is 5.76 Å². The molecule has 0 spiro atoms. The third-order valence-corrected chi connectivity index (χ3v) is 1.38. The number of nitrogens with two attached hydrogens (primary N) is 1. The fourth-order valence-corrected chi connectivity index (χ4v) is 0.688. The van der Waals surface area contributed by atoms with E-state index in [1.54, 1.807) is 6.26 Å². The summed E-state index contributed by atoms with van der Waals surface area (Å²) in [6.45, 7) is 2.69. The summed E-state index contributed by atoms with van der Waals surface area (Å²) in [4.78, 5) is 0. The van der Waals surface area contributed by atoms with Crippen molar-refractivity contribution in [2.24, 2.45) is 5.73 Å². The van der Waals surface area contributed by atoms with Crippen molar-refractivity contribution >= 4 is 0 Å². The van der Waals surface area contributed by atoms with Crippen molar-refractivity contribution in [1.82, 2.24) is 0 Å². The molecule has 1 aromatic heterocycles. The van der Waals surface area contributed by atoms with Crippen LogP contribution in [0.4, 0.5) is 0 Å². The van der Waals surface area contributed by atoms with E-state index in [1.165, 1.54) is 0 Å². The van der Waals surface area contributed by atoms with E-state index < -0.39 is 0 Å². The lowest BCUT2D eigenvalue weighted by atomic mass is 10.1. The second-order valence-corrected chi connectivity index (χ2v) is 2.15. The molecule has 0 bridgehead atoms. The van der Waals surface area contributed by atoms with Crippen molar-refractivity contribution in [2.45, 2.75) is 12.8 Å². The lowest BCUT2D eigenvalue weighted by molar-refractivity contribution is 0.477. The van der Waals surface area contributed by atoms with E-state index in [9.17, 15) is 0 Å². The molecule has 0 radical (unpaired) electrons. The van der Waals surface area contributed by atoms with Crippen LogP contribution in [-0.2, 0) is 0 Å². The fraction of sp³-hybridized carbons (Fsp3) is 0.429. The van der Waals surface area contributed by atoms with Gasteiger partial charge >= 0.3 is 0 Å². The fourth-order valence-electron chi connectivity index (χ4n) is 0.688. The maximum Gasteiger partial charge on any atom is 0.107 e. The molecule has 2 heteroatoms. The van der Waals surface area contributed by atoms with Gasteiger partial charge in [-0.05, 0) is 12.1 Å². The molecule has 1 aromatic rings. The number of furan rings is 1. The van der Waals surface area contributed by atoms with E-state index in [0.717, 1.165) is 5.76 Å². The van der Waals surface area contributed by atoms with Gasteiger partial charge < -0.3 is 10.2 Å². The van der Waals surface area contributed by atoms with E-state index in [4.69, 9.17) is 10.2 Å². The van der Waals surface area contributed by atoms with Gasteiger partial charge in [-0.25, -0.2) is 0 Å². The first-order chi connectivity index (χ1) is 4.34. The summed E-state index contributed by atoms with van der Waals surface area (Å²) < 4.78 is 5.11. The van der Waals surface area contributed by atoms with Crippen molar-refractivity contribution < 1.29 is 4.42 Å². The standard InChI is InChI=1S/C7H11NO/c1-6(5-8)7-3-2-4-9-7/h2-4,6H,5,8H2,1H3/t6-/m0/s1. The zero-order chi connectivity index (χ0) is 6.69. The van der Waals surface area contributed by atoms with Gasteiger partial charge in [0.25, 0.3) is 0 Å². The smallest absolute Gasteiger partial charge is 0.107 e. The van der Waals surface area contributed by atoms with E-state index in [0.29, 0.717) is 12.5 Å². The minimum Gasteiger partial charge on any atom is -0.469 e. The van der Waals surface area contributed by atoms with Gasteiger partial charge in [-0.3, -0.25) is 0 Å². The summed E-state index contributed by atoms with van der Waals surface area (Å²) in [7, 11) is 0. The third-order valence-electron chi connectivity index (χ3n) is 1.38. The van der Waals surface area contributed by atoms with E-state index >= 15 is 0 Å². The Morgan fingerprint density at radius 2 is 2.56 bits per heavy atom. The molecule has 0 amide bonds. The number of hydrogen-bond donors (Lipinski definition) is 1. The lowest BCUT2D eigenvalue weighted by Crippen LogP contribution is -2.07. The largest absolute Gasteiger partial charge is 0.469 e. The SMILES string of the molecule is C[C@@H](CN)c1ccco1. The number of hydrogen-bond acceptors (Lipinski definition) is 2. The Balaban J connectivity index is 2.65. The Bertz CT molecular complexity index is 157. The highest BCUT2D eigenvalue weighted by Crippen LogP contribution is 2.12. The van der Waals surface area contributed by atoms with Crippen molar-refractivity contribution in [3.63, 3.8) is 0 Å². The summed E-state index contributed by atoms with van der Waals surface area (Å²) in [6, 6.07) is 3.82. The molecule has 0 fully saturated rings. The number of rotatable bonds is 2. The Kier molecular flexibility index (Phi) is 1.90. The van der Waals surface area contributed by atoms with Crippen molar-refractivity contribution in [3.05, 3.63) is 24.2 Å². The zero-order valence-corrected chi connectivity index (χ0v) is 5.50. The first-order valence-corrected chi connectivity index (χ1v) is 3.08. The van der Waals surface area contributed by atoms with Crippen LogP contribution in [0.1, 0.15) is 18.6 Å². The molecule has 1 atom stereocenters. The molecule has 0 aliphatic rings. The summed E-state index contributed by atoms with van der Waals surface area (Å²) in [5, 5.41) is 0. The monoisotopic (exact) mass is 125 g/mol. The molecule has 9 heavy (non-hydrogen) atoms. The Hall–Kier alpha value is -0.760. The molecule has 2 nitrogen and oxygen atoms in total. The van der Waals surface area contributed by atoms with Crippen LogP contribution in [0.25, 0.3) is 0 Å². The van der Waals surface area contributed by atoms with Crippen LogP contribution in [0.5, 0.6) is 0 Å². The molecule has 2 N–H and O–H groups in total. The molecule has 0 aliphatic heterocycles. The molecular weight excluding hydrogens is 114 g/mol. The Morgan fingerprint density at radius 3 is 3.00 bits per heavy atom. The summed E-state index contributed by atoms with van der Waals surface area (Å²) >= 11 is 0. The van der Waals surface area contributed by atoms with Crippen LogP contribution in [0.2, 0.25) is 0 Å². The van der Waals surface area contributed by atoms with E-state index in [1.807, 2.05) is 19.1 Å². The van der Waals surface area contributed by atoms with Gasteiger partial charge in [-0.2, -0.15) is 0 Å². The highest BCUT2D eigenvalue weighted by atomic mass is 16.3. The van der Waals surface area contributed by atoms with Gasteiger partial charge in [0, 0.05) is 12.5 Å². The van der Waals surface area contributed by atoms with Gasteiger partial charge in [0.05, 0.1) is 6.26 Å². The summed E-state index contributed by atoms with van der Waals surface area (Å²) in [6.07, 6.45) is 1.67. The van der Waals surface area contributed by atoms with Crippen molar-refractivity contribution in [3.8, 4) is 0 Å². The molecule has 50 valence electrons.